The second kappa shape index (κ2) is 4.59. The minimum Gasteiger partial charge on any atom is -0.379 e. The Labute approximate surface area is 100.0 Å². The summed E-state index contributed by atoms with van der Waals surface area (Å²) in [6, 6.07) is 2.14. The van der Waals surface area contributed by atoms with Crippen molar-refractivity contribution >= 4 is 39.8 Å². The van der Waals surface area contributed by atoms with Gasteiger partial charge in [-0.15, -0.1) is 11.3 Å². The van der Waals surface area contributed by atoms with Crippen LogP contribution < -0.4 is 5.32 Å². The summed E-state index contributed by atoms with van der Waals surface area (Å²) in [5.74, 6) is 0.0277. The quantitative estimate of drug-likeness (QED) is 0.844. The standard InChI is InChI=1S/C9H10INO2S/c10-7-2-4-14-8(7)9(12)11-6-1-3-13-5-6/h2,4,6H,1,3,5H2,(H,11,12). The van der Waals surface area contributed by atoms with Crippen LogP contribution in [0.2, 0.25) is 0 Å². The van der Waals surface area contributed by atoms with Crippen molar-refractivity contribution in [2.24, 2.45) is 0 Å². The highest BCUT2D eigenvalue weighted by atomic mass is 127. The average molecular weight is 323 g/mol. The molecule has 0 spiro atoms. The third-order valence-electron chi connectivity index (χ3n) is 2.09. The van der Waals surface area contributed by atoms with Gasteiger partial charge in [-0.3, -0.25) is 4.79 Å². The molecule has 0 aliphatic carbocycles. The number of ether oxygens (including phenoxy) is 1. The fourth-order valence-corrected chi connectivity index (χ4v) is 3.09. The van der Waals surface area contributed by atoms with Crippen molar-refractivity contribution in [1.82, 2.24) is 5.32 Å². The Morgan fingerprint density at radius 2 is 2.57 bits per heavy atom. The topological polar surface area (TPSA) is 38.3 Å². The molecule has 1 aliphatic heterocycles. The molecule has 0 bridgehead atoms. The Kier molecular flexibility index (Phi) is 3.40. The Hall–Kier alpha value is -0.140. The summed E-state index contributed by atoms with van der Waals surface area (Å²) in [6.07, 6.45) is 0.924. The molecule has 0 radical (unpaired) electrons. The van der Waals surface area contributed by atoms with Crippen LogP contribution in [0.1, 0.15) is 16.1 Å². The zero-order valence-corrected chi connectivity index (χ0v) is 10.4. The third-order valence-corrected chi connectivity index (χ3v) is 4.27. The van der Waals surface area contributed by atoms with Gasteiger partial charge in [0, 0.05) is 10.2 Å². The van der Waals surface area contributed by atoms with Crippen LogP contribution in [0.25, 0.3) is 0 Å². The van der Waals surface area contributed by atoms with Gasteiger partial charge in [0.15, 0.2) is 0 Å². The molecule has 1 aromatic heterocycles. The van der Waals surface area contributed by atoms with E-state index >= 15 is 0 Å². The van der Waals surface area contributed by atoms with E-state index in [2.05, 4.69) is 27.9 Å². The molecule has 0 saturated carbocycles. The van der Waals surface area contributed by atoms with E-state index in [1.54, 1.807) is 0 Å². The van der Waals surface area contributed by atoms with Crippen LogP contribution in [0.5, 0.6) is 0 Å². The molecule has 14 heavy (non-hydrogen) atoms. The molecule has 1 aliphatic rings. The van der Waals surface area contributed by atoms with E-state index in [0.29, 0.717) is 6.61 Å². The zero-order valence-electron chi connectivity index (χ0n) is 7.46. The van der Waals surface area contributed by atoms with Crippen LogP contribution in [-0.2, 0) is 4.74 Å². The Morgan fingerprint density at radius 1 is 1.71 bits per heavy atom. The molecular formula is C9H10INO2S. The van der Waals surface area contributed by atoms with Gasteiger partial charge >= 0.3 is 0 Å². The number of rotatable bonds is 2. The van der Waals surface area contributed by atoms with Crippen molar-refractivity contribution in [2.45, 2.75) is 12.5 Å². The largest absolute Gasteiger partial charge is 0.379 e. The van der Waals surface area contributed by atoms with Gasteiger partial charge in [0.05, 0.1) is 12.6 Å². The maximum Gasteiger partial charge on any atom is 0.262 e. The van der Waals surface area contributed by atoms with Gasteiger partial charge in [0.1, 0.15) is 4.88 Å². The Bertz CT molecular complexity index is 333. The first-order valence-corrected chi connectivity index (χ1v) is 6.35. The number of hydrogen-bond acceptors (Lipinski definition) is 3. The predicted molar refractivity (Wildman–Crippen MR) is 63.7 cm³/mol. The Balaban J connectivity index is 1.98. The van der Waals surface area contributed by atoms with Gasteiger partial charge in [-0.05, 0) is 40.5 Å². The molecule has 1 atom stereocenters. The summed E-state index contributed by atoms with van der Waals surface area (Å²) in [6.45, 7) is 1.40. The summed E-state index contributed by atoms with van der Waals surface area (Å²) in [7, 11) is 0. The van der Waals surface area contributed by atoms with Crippen molar-refractivity contribution < 1.29 is 9.53 Å². The van der Waals surface area contributed by atoms with E-state index in [1.807, 2.05) is 11.4 Å². The van der Waals surface area contributed by atoms with Crippen LogP contribution in [0, 0.1) is 3.57 Å². The molecule has 1 amide bonds. The summed E-state index contributed by atoms with van der Waals surface area (Å²) < 4.78 is 6.21. The van der Waals surface area contributed by atoms with Crippen LogP contribution in [-0.4, -0.2) is 25.2 Å². The van der Waals surface area contributed by atoms with Gasteiger partial charge in [0.25, 0.3) is 5.91 Å². The average Bonchev–Trinajstić information content (AvgIpc) is 2.75. The van der Waals surface area contributed by atoms with E-state index < -0.39 is 0 Å². The molecule has 1 saturated heterocycles. The number of carbonyl (C=O) groups is 1. The lowest BCUT2D eigenvalue weighted by Gasteiger charge is -2.09. The van der Waals surface area contributed by atoms with E-state index in [1.165, 1.54) is 11.3 Å². The first-order chi connectivity index (χ1) is 6.77. The maximum absolute atomic E-state index is 11.7. The SMILES string of the molecule is O=C(NC1CCOC1)c1sccc1I. The van der Waals surface area contributed by atoms with Crippen molar-refractivity contribution in [3.63, 3.8) is 0 Å². The van der Waals surface area contributed by atoms with Crippen LogP contribution in [0.4, 0.5) is 0 Å². The molecule has 1 N–H and O–H groups in total. The second-order valence-corrected chi connectivity index (χ2v) is 5.21. The zero-order chi connectivity index (χ0) is 9.97. The first-order valence-electron chi connectivity index (χ1n) is 4.39. The minimum atomic E-state index is 0.0277. The van der Waals surface area contributed by atoms with Crippen molar-refractivity contribution in [2.75, 3.05) is 13.2 Å². The molecule has 3 nitrogen and oxygen atoms in total. The molecule has 2 heterocycles. The van der Waals surface area contributed by atoms with Gasteiger partial charge in [-0.2, -0.15) is 0 Å². The van der Waals surface area contributed by atoms with Gasteiger partial charge < -0.3 is 10.1 Å². The normalized spacial score (nSPS) is 21.1. The number of nitrogens with one attached hydrogen (secondary N) is 1. The fourth-order valence-electron chi connectivity index (χ4n) is 1.36. The molecule has 2 rings (SSSR count). The summed E-state index contributed by atoms with van der Waals surface area (Å²) >= 11 is 3.66. The third kappa shape index (κ3) is 2.26. The van der Waals surface area contributed by atoms with Crippen molar-refractivity contribution in [3.8, 4) is 0 Å². The number of amides is 1. The minimum absolute atomic E-state index is 0.0277. The molecule has 76 valence electrons. The maximum atomic E-state index is 11.7. The lowest BCUT2D eigenvalue weighted by Crippen LogP contribution is -2.34. The number of halogens is 1. The molecular weight excluding hydrogens is 313 g/mol. The lowest BCUT2D eigenvalue weighted by molar-refractivity contribution is 0.0933. The first kappa shape index (κ1) is 10.4. The van der Waals surface area contributed by atoms with E-state index in [0.717, 1.165) is 21.5 Å². The van der Waals surface area contributed by atoms with Crippen molar-refractivity contribution in [1.29, 1.82) is 0 Å². The molecule has 5 heteroatoms. The summed E-state index contributed by atoms with van der Waals surface area (Å²) in [5.41, 5.74) is 0. The smallest absolute Gasteiger partial charge is 0.262 e. The van der Waals surface area contributed by atoms with Crippen molar-refractivity contribution in [3.05, 3.63) is 19.9 Å². The van der Waals surface area contributed by atoms with Gasteiger partial charge in [-0.1, -0.05) is 0 Å². The van der Waals surface area contributed by atoms with Gasteiger partial charge in [-0.25, -0.2) is 0 Å². The predicted octanol–water partition coefficient (Wildman–Crippen LogP) is 1.87. The van der Waals surface area contributed by atoms with Crippen LogP contribution >= 0.6 is 33.9 Å². The van der Waals surface area contributed by atoms with E-state index in [4.69, 9.17) is 4.74 Å². The van der Waals surface area contributed by atoms with Crippen LogP contribution in [0.3, 0.4) is 0 Å². The number of hydrogen-bond donors (Lipinski definition) is 1. The molecule has 1 unspecified atom stereocenters. The lowest BCUT2D eigenvalue weighted by atomic mass is 10.2. The summed E-state index contributed by atoms with van der Waals surface area (Å²) in [4.78, 5) is 12.5. The molecule has 1 aromatic rings. The highest BCUT2D eigenvalue weighted by molar-refractivity contribution is 14.1. The fraction of sp³-hybridized carbons (Fsp3) is 0.444. The summed E-state index contributed by atoms with van der Waals surface area (Å²) in [5, 5.41) is 4.90. The van der Waals surface area contributed by atoms with Gasteiger partial charge in [0.2, 0.25) is 0 Å². The second-order valence-electron chi connectivity index (χ2n) is 3.13. The Morgan fingerprint density at radius 3 is 3.14 bits per heavy atom. The van der Waals surface area contributed by atoms with E-state index in [9.17, 15) is 4.79 Å². The van der Waals surface area contributed by atoms with Crippen LogP contribution in [0.15, 0.2) is 11.4 Å². The number of carbonyl (C=O) groups excluding carboxylic acids is 1. The monoisotopic (exact) mass is 323 g/mol. The van der Waals surface area contributed by atoms with E-state index in [-0.39, 0.29) is 11.9 Å². The number of thiophene rings is 1. The highest BCUT2D eigenvalue weighted by Crippen LogP contribution is 2.19. The molecule has 1 fully saturated rings. The molecule has 0 aromatic carbocycles. The highest BCUT2D eigenvalue weighted by Gasteiger charge is 2.20.